The topological polar surface area (TPSA) is 46.2 Å². The average Bonchev–Trinajstić information content (AvgIpc) is 3.28. The fourth-order valence-corrected chi connectivity index (χ4v) is 24.5. The van der Waals surface area contributed by atoms with Gasteiger partial charge in [0, 0.05) is 0 Å². The predicted molar refractivity (Wildman–Crippen MR) is 240 cm³/mol. The molecular weight excluding hydrogens is 823 g/mol. The summed E-state index contributed by atoms with van der Waals surface area (Å²) in [4.78, 5) is 0. The van der Waals surface area contributed by atoms with Crippen molar-refractivity contribution in [1.82, 2.24) is 0 Å². The second-order valence-electron chi connectivity index (χ2n) is 16.1. The molecule has 6 rings (SSSR count). The van der Waals surface area contributed by atoms with E-state index in [4.69, 9.17) is 23.7 Å². The molecule has 6 heteroatoms. The van der Waals surface area contributed by atoms with Gasteiger partial charge in [0.15, 0.2) is 0 Å². The summed E-state index contributed by atoms with van der Waals surface area (Å²) < 4.78 is 40.9. The van der Waals surface area contributed by atoms with E-state index in [1.54, 1.807) is 3.58 Å². The van der Waals surface area contributed by atoms with E-state index in [1.807, 2.05) is 18.2 Å². The maximum absolute atomic E-state index is 7.37. The van der Waals surface area contributed by atoms with E-state index in [0.717, 1.165) is 22.3 Å². The van der Waals surface area contributed by atoms with Crippen LogP contribution in [0.3, 0.4) is 0 Å². The Labute approximate surface area is 353 Å². The van der Waals surface area contributed by atoms with Crippen molar-refractivity contribution in [3.8, 4) is 0 Å². The fourth-order valence-electron chi connectivity index (χ4n) is 8.46. The molecule has 0 N–H and O–H groups in total. The third-order valence-corrected chi connectivity index (χ3v) is 27.3. The molecule has 0 aromatic heterocycles. The Morgan fingerprint density at radius 2 is 0.897 bits per heavy atom. The molecule has 0 saturated carbocycles. The van der Waals surface area contributed by atoms with Crippen molar-refractivity contribution < 1.29 is 23.7 Å². The number of hydrogen-bond donors (Lipinski definition) is 0. The zero-order chi connectivity index (χ0) is 40.3. The molecule has 308 valence electrons. The van der Waals surface area contributed by atoms with Crippen molar-refractivity contribution >= 4 is 22.0 Å². The van der Waals surface area contributed by atoms with Crippen molar-refractivity contribution in [3.05, 3.63) is 173 Å². The molecule has 0 amide bonds. The van der Waals surface area contributed by atoms with Crippen molar-refractivity contribution in [1.29, 1.82) is 0 Å². The van der Waals surface area contributed by atoms with Crippen LogP contribution in [0.5, 0.6) is 0 Å². The van der Waals surface area contributed by atoms with Gasteiger partial charge in [-0.2, -0.15) is 0 Å². The van der Waals surface area contributed by atoms with Crippen LogP contribution in [0.1, 0.15) is 93.2 Å². The molecule has 5 unspecified atom stereocenters. The van der Waals surface area contributed by atoms with Gasteiger partial charge in [-0.3, -0.25) is 0 Å². The summed E-state index contributed by atoms with van der Waals surface area (Å²) in [7, 11) is 0. The van der Waals surface area contributed by atoms with E-state index in [-0.39, 0.29) is 6.10 Å². The third kappa shape index (κ3) is 12.8. The van der Waals surface area contributed by atoms with Crippen LogP contribution in [0.4, 0.5) is 0 Å². The first-order valence-corrected chi connectivity index (χ1v) is 29.4. The van der Waals surface area contributed by atoms with Gasteiger partial charge in [0.2, 0.25) is 0 Å². The van der Waals surface area contributed by atoms with Crippen molar-refractivity contribution in [3.63, 3.8) is 0 Å². The monoisotopic (exact) mass is 890 g/mol. The third-order valence-electron chi connectivity index (χ3n) is 11.7. The summed E-state index contributed by atoms with van der Waals surface area (Å²) in [5, 5.41) is 0. The fraction of sp³-hybridized carbons (Fsp3) is 0.423. The summed E-state index contributed by atoms with van der Waals surface area (Å²) in [6.45, 7) is 9.17. The zero-order valence-electron chi connectivity index (χ0n) is 35.2. The number of ether oxygens (including phenoxy) is 5. The summed E-state index contributed by atoms with van der Waals surface area (Å²) in [5.41, 5.74) is 5.61. The van der Waals surface area contributed by atoms with Gasteiger partial charge >= 0.3 is 343 Å². The Morgan fingerprint density at radius 1 is 0.466 bits per heavy atom. The quantitative estimate of drug-likeness (QED) is 0.0578. The number of rotatable bonds is 24. The first kappa shape index (κ1) is 44.3. The van der Waals surface area contributed by atoms with E-state index in [0.29, 0.717) is 33.0 Å². The SMILES string of the molecule is CCC[CH2][Sn]([CH2]CCC)([CH2]CCC)[c]1cccc(C2OC(COCc3ccccc3)C(OCc3ccccc3)C(OCc3ccccc3)C2OCc2ccccc2)c1. The molecule has 5 atom stereocenters. The van der Waals surface area contributed by atoms with Gasteiger partial charge < -0.3 is 0 Å². The maximum atomic E-state index is 7.37. The standard InChI is InChI=1S/C40H39O5.3C4H9.Sn/c1-6-16-31(17-7-1)26-41-30-36-38(42-27-32-18-8-2-9-19-32)40(44-29-34-22-12-4-13-23-34)39(43-28-33-20-10-3-11-21-33)37(45-36)35-24-14-5-15-25-35;3*1-3-4-2;/h1-14,16-25,36-40H,26-30H2;3*1,3-4H2,2H3;. The zero-order valence-corrected chi connectivity index (χ0v) is 38.0. The van der Waals surface area contributed by atoms with Crippen LogP contribution in [0.25, 0.3) is 0 Å². The minimum absolute atomic E-state index is 0.355. The van der Waals surface area contributed by atoms with Crippen LogP contribution in [-0.4, -0.2) is 49.4 Å². The van der Waals surface area contributed by atoms with Gasteiger partial charge in [0.1, 0.15) is 0 Å². The Balaban J connectivity index is 1.42. The van der Waals surface area contributed by atoms with Crippen molar-refractivity contribution in [2.45, 2.75) is 130 Å². The summed E-state index contributed by atoms with van der Waals surface area (Å²) in [6, 6.07) is 51.2. The van der Waals surface area contributed by atoms with Gasteiger partial charge in [-0.05, 0) is 0 Å². The van der Waals surface area contributed by atoms with Crippen LogP contribution >= 0.6 is 0 Å². The molecule has 1 heterocycles. The molecule has 58 heavy (non-hydrogen) atoms. The van der Waals surface area contributed by atoms with Crippen LogP contribution in [0.2, 0.25) is 13.3 Å². The molecule has 0 radical (unpaired) electrons. The molecule has 0 aliphatic carbocycles. The van der Waals surface area contributed by atoms with Gasteiger partial charge in [0.05, 0.1) is 0 Å². The number of benzene rings is 5. The summed E-state index contributed by atoms with van der Waals surface area (Å²) in [5.74, 6) is 0. The van der Waals surface area contributed by atoms with E-state index >= 15 is 0 Å². The Morgan fingerprint density at radius 3 is 1.36 bits per heavy atom. The van der Waals surface area contributed by atoms with Crippen LogP contribution in [0, 0.1) is 0 Å². The van der Waals surface area contributed by atoms with Gasteiger partial charge in [-0.15, -0.1) is 0 Å². The van der Waals surface area contributed by atoms with E-state index < -0.39 is 42.8 Å². The van der Waals surface area contributed by atoms with Crippen LogP contribution in [0.15, 0.2) is 146 Å². The van der Waals surface area contributed by atoms with Gasteiger partial charge in [-0.25, -0.2) is 0 Å². The van der Waals surface area contributed by atoms with Crippen molar-refractivity contribution in [2.24, 2.45) is 0 Å². The minimum atomic E-state index is -2.81. The average molecular weight is 890 g/mol. The molecule has 1 aliphatic rings. The van der Waals surface area contributed by atoms with E-state index in [1.165, 1.54) is 57.4 Å². The van der Waals surface area contributed by atoms with Crippen LogP contribution < -0.4 is 3.58 Å². The van der Waals surface area contributed by atoms with Gasteiger partial charge in [-0.1, -0.05) is 12.1 Å². The van der Waals surface area contributed by atoms with Crippen molar-refractivity contribution in [2.75, 3.05) is 6.61 Å². The second-order valence-corrected chi connectivity index (χ2v) is 29.3. The van der Waals surface area contributed by atoms with E-state index in [9.17, 15) is 0 Å². The first-order chi connectivity index (χ1) is 28.6. The molecule has 0 spiro atoms. The molecule has 1 fully saturated rings. The Kier molecular flexibility index (Phi) is 18.4. The Hall–Kier alpha value is -3.30. The molecule has 5 nitrogen and oxygen atoms in total. The normalized spacial score (nSPS) is 19.6. The van der Waals surface area contributed by atoms with Crippen LogP contribution in [-0.2, 0) is 50.1 Å². The predicted octanol–water partition coefficient (Wildman–Crippen LogP) is 12.2. The number of unbranched alkanes of at least 4 members (excludes halogenated alkanes) is 3. The first-order valence-electron chi connectivity index (χ1n) is 22.0. The molecule has 1 aliphatic heterocycles. The molecule has 0 bridgehead atoms. The number of hydrogen-bond acceptors (Lipinski definition) is 5. The summed E-state index contributed by atoms with van der Waals surface area (Å²) in [6.07, 6.45) is 5.51. The summed E-state index contributed by atoms with van der Waals surface area (Å²) >= 11 is -2.81. The molecule has 5 aromatic rings. The molecule has 1 saturated heterocycles. The van der Waals surface area contributed by atoms with Gasteiger partial charge in [0.25, 0.3) is 0 Å². The van der Waals surface area contributed by atoms with E-state index in [2.05, 4.69) is 148 Å². The molecule has 5 aromatic carbocycles. The second kappa shape index (κ2) is 24.1. The Bertz CT molecular complexity index is 1820. The molecular formula is C52H66O5Sn.